The Morgan fingerprint density at radius 2 is 1.91 bits per heavy atom. The lowest BCUT2D eigenvalue weighted by Gasteiger charge is -2.16. The van der Waals surface area contributed by atoms with E-state index in [1.165, 1.54) is 45.6 Å². The van der Waals surface area contributed by atoms with Crippen molar-refractivity contribution < 1.29 is 17.9 Å². The number of nitrogens with zero attached hydrogens (tertiary/aromatic N) is 3. The molecular weight excluding hydrogens is 452 g/mol. The van der Waals surface area contributed by atoms with Crippen LogP contribution in [0.3, 0.4) is 0 Å². The quantitative estimate of drug-likeness (QED) is 0.552. The van der Waals surface area contributed by atoms with E-state index in [2.05, 4.69) is 10.4 Å². The Bertz CT molecular complexity index is 1250. The van der Waals surface area contributed by atoms with Crippen LogP contribution in [0.2, 0.25) is 5.02 Å². The minimum absolute atomic E-state index is 0.0282. The van der Waals surface area contributed by atoms with Gasteiger partial charge in [-0.25, -0.2) is 17.4 Å². The molecule has 0 atom stereocenters. The van der Waals surface area contributed by atoms with E-state index in [0.717, 1.165) is 9.99 Å². The SMILES string of the molecule is COc1ccc(S(=O)(=O)N(C)C)cc1NC(=O)c1cnn(-c2cccc(Cl)c2)c1C(C)C. The highest BCUT2D eigenvalue weighted by atomic mass is 35.5. The van der Waals surface area contributed by atoms with Crippen LogP contribution >= 0.6 is 11.6 Å². The van der Waals surface area contributed by atoms with Crippen LogP contribution in [0.25, 0.3) is 5.69 Å². The van der Waals surface area contributed by atoms with Crippen molar-refractivity contribution in [3.8, 4) is 11.4 Å². The van der Waals surface area contributed by atoms with Gasteiger partial charge in [0.25, 0.3) is 5.91 Å². The number of halogens is 1. The Kier molecular flexibility index (Phi) is 6.92. The zero-order valence-electron chi connectivity index (χ0n) is 18.5. The summed E-state index contributed by atoms with van der Waals surface area (Å²) in [5.41, 5.74) is 2.03. The molecule has 0 saturated heterocycles. The first-order chi connectivity index (χ1) is 15.1. The standard InChI is InChI=1S/C22H25ClN4O4S/c1-14(2)21-18(13-24-27(21)16-8-6-7-15(23)11-16)22(28)25-19-12-17(9-10-20(19)31-5)32(29,30)26(3)4/h6-14H,1-5H3,(H,25,28). The highest BCUT2D eigenvalue weighted by molar-refractivity contribution is 7.89. The summed E-state index contributed by atoms with van der Waals surface area (Å²) >= 11 is 6.12. The molecule has 0 saturated carbocycles. The van der Waals surface area contributed by atoms with Crippen LogP contribution in [0, 0.1) is 0 Å². The molecule has 0 bridgehead atoms. The molecule has 8 nitrogen and oxygen atoms in total. The first-order valence-corrected chi connectivity index (χ1v) is 11.6. The van der Waals surface area contributed by atoms with Crippen molar-refractivity contribution in [2.45, 2.75) is 24.7 Å². The summed E-state index contributed by atoms with van der Waals surface area (Å²) in [4.78, 5) is 13.2. The Hall–Kier alpha value is -2.88. The molecule has 170 valence electrons. The molecule has 0 radical (unpaired) electrons. The van der Waals surface area contributed by atoms with Crippen LogP contribution in [-0.2, 0) is 10.0 Å². The number of hydrogen-bond acceptors (Lipinski definition) is 5. The van der Waals surface area contributed by atoms with Gasteiger partial charge in [-0.15, -0.1) is 0 Å². The summed E-state index contributed by atoms with van der Waals surface area (Å²) in [6.07, 6.45) is 1.48. The molecule has 1 N–H and O–H groups in total. The van der Waals surface area contributed by atoms with Gasteiger partial charge in [-0.05, 0) is 42.3 Å². The zero-order chi connectivity index (χ0) is 23.6. The minimum Gasteiger partial charge on any atom is -0.495 e. The maximum absolute atomic E-state index is 13.2. The number of amides is 1. The maximum atomic E-state index is 13.2. The van der Waals surface area contributed by atoms with E-state index in [1.807, 2.05) is 26.0 Å². The molecule has 1 amide bonds. The minimum atomic E-state index is -3.68. The fraction of sp³-hybridized carbons (Fsp3) is 0.273. The van der Waals surface area contributed by atoms with Crippen molar-refractivity contribution in [3.05, 3.63) is 64.9 Å². The van der Waals surface area contributed by atoms with Crippen LogP contribution in [0.4, 0.5) is 5.69 Å². The number of benzene rings is 2. The van der Waals surface area contributed by atoms with Crippen LogP contribution in [0.5, 0.6) is 5.75 Å². The molecule has 32 heavy (non-hydrogen) atoms. The molecule has 0 aliphatic heterocycles. The summed E-state index contributed by atoms with van der Waals surface area (Å²) in [6.45, 7) is 3.92. The van der Waals surface area contributed by atoms with Gasteiger partial charge in [0.15, 0.2) is 0 Å². The van der Waals surface area contributed by atoms with Gasteiger partial charge < -0.3 is 10.1 Å². The van der Waals surface area contributed by atoms with Crippen molar-refractivity contribution in [2.24, 2.45) is 0 Å². The van der Waals surface area contributed by atoms with Crippen molar-refractivity contribution in [2.75, 3.05) is 26.5 Å². The van der Waals surface area contributed by atoms with Crippen LogP contribution in [-0.4, -0.2) is 49.6 Å². The predicted octanol–water partition coefficient (Wildman–Crippen LogP) is 4.16. The number of nitrogens with one attached hydrogen (secondary N) is 1. The fourth-order valence-corrected chi connectivity index (χ4v) is 4.36. The molecule has 0 aliphatic carbocycles. The van der Waals surface area contributed by atoms with Crippen molar-refractivity contribution in [1.82, 2.24) is 14.1 Å². The van der Waals surface area contributed by atoms with E-state index in [4.69, 9.17) is 16.3 Å². The van der Waals surface area contributed by atoms with Gasteiger partial charge in [0.2, 0.25) is 10.0 Å². The normalized spacial score (nSPS) is 11.8. The number of anilines is 1. The molecule has 3 aromatic rings. The molecule has 0 unspecified atom stereocenters. The number of carbonyl (C=O) groups is 1. The number of rotatable bonds is 7. The summed E-state index contributed by atoms with van der Waals surface area (Å²) in [5.74, 6) is -0.122. The molecule has 0 aliphatic rings. The van der Waals surface area contributed by atoms with Gasteiger partial charge >= 0.3 is 0 Å². The summed E-state index contributed by atoms with van der Waals surface area (Å²) < 4.78 is 33.1. The average molecular weight is 477 g/mol. The van der Waals surface area contributed by atoms with Crippen molar-refractivity contribution in [3.63, 3.8) is 0 Å². The van der Waals surface area contributed by atoms with E-state index in [-0.39, 0.29) is 16.5 Å². The maximum Gasteiger partial charge on any atom is 0.259 e. The van der Waals surface area contributed by atoms with Gasteiger partial charge in [0, 0.05) is 19.1 Å². The molecule has 3 rings (SSSR count). The van der Waals surface area contributed by atoms with Crippen molar-refractivity contribution in [1.29, 1.82) is 0 Å². The molecule has 0 spiro atoms. The van der Waals surface area contributed by atoms with Crippen LogP contribution in [0.15, 0.2) is 53.6 Å². The highest BCUT2D eigenvalue weighted by Crippen LogP contribution is 2.30. The Morgan fingerprint density at radius 3 is 2.50 bits per heavy atom. The Morgan fingerprint density at radius 1 is 1.19 bits per heavy atom. The number of methoxy groups -OCH3 is 1. The van der Waals surface area contributed by atoms with Crippen LogP contribution in [0.1, 0.15) is 35.8 Å². The number of carbonyl (C=O) groups excluding carboxylic acids is 1. The Balaban J connectivity index is 2.03. The predicted molar refractivity (Wildman–Crippen MR) is 124 cm³/mol. The topological polar surface area (TPSA) is 93.5 Å². The summed E-state index contributed by atoms with van der Waals surface area (Å²) in [7, 11) is 0.644. The van der Waals surface area contributed by atoms with E-state index in [9.17, 15) is 13.2 Å². The molecular formula is C22H25ClN4O4S. The van der Waals surface area contributed by atoms with E-state index >= 15 is 0 Å². The Labute approximate surface area is 192 Å². The monoisotopic (exact) mass is 476 g/mol. The summed E-state index contributed by atoms with van der Waals surface area (Å²) in [6, 6.07) is 11.5. The van der Waals surface area contributed by atoms with Gasteiger partial charge in [-0.1, -0.05) is 31.5 Å². The molecule has 2 aromatic carbocycles. The first-order valence-electron chi connectivity index (χ1n) is 9.82. The fourth-order valence-electron chi connectivity index (χ4n) is 3.25. The van der Waals surface area contributed by atoms with Gasteiger partial charge in [-0.2, -0.15) is 5.10 Å². The zero-order valence-corrected chi connectivity index (χ0v) is 20.0. The second kappa shape index (κ2) is 9.32. The lowest BCUT2D eigenvalue weighted by molar-refractivity contribution is 0.102. The van der Waals surface area contributed by atoms with Crippen molar-refractivity contribution >= 4 is 33.2 Å². The largest absolute Gasteiger partial charge is 0.495 e. The molecule has 1 heterocycles. The van der Waals surface area contributed by atoms with E-state index < -0.39 is 15.9 Å². The number of ether oxygens (including phenoxy) is 1. The third-order valence-electron chi connectivity index (χ3n) is 4.85. The van der Waals surface area contributed by atoms with E-state index in [0.29, 0.717) is 22.0 Å². The average Bonchev–Trinajstić information content (AvgIpc) is 3.19. The third-order valence-corrected chi connectivity index (χ3v) is 6.89. The number of aromatic nitrogens is 2. The van der Waals surface area contributed by atoms with Gasteiger partial charge in [-0.3, -0.25) is 4.79 Å². The number of sulfonamides is 1. The smallest absolute Gasteiger partial charge is 0.259 e. The summed E-state index contributed by atoms with van der Waals surface area (Å²) in [5, 5.41) is 7.73. The van der Waals surface area contributed by atoms with E-state index in [1.54, 1.807) is 16.8 Å². The second-order valence-corrected chi connectivity index (χ2v) is 10.2. The lowest BCUT2D eigenvalue weighted by atomic mass is 10.0. The molecule has 1 aromatic heterocycles. The van der Waals surface area contributed by atoms with Crippen LogP contribution < -0.4 is 10.1 Å². The molecule has 0 fully saturated rings. The van der Waals surface area contributed by atoms with Gasteiger partial charge in [0.1, 0.15) is 5.75 Å². The third kappa shape index (κ3) is 4.64. The van der Waals surface area contributed by atoms with Gasteiger partial charge in [0.05, 0.1) is 40.8 Å². The lowest BCUT2D eigenvalue weighted by Crippen LogP contribution is -2.22. The second-order valence-electron chi connectivity index (χ2n) is 7.59. The first kappa shape index (κ1) is 23.8. The highest BCUT2D eigenvalue weighted by Gasteiger charge is 2.24. The molecule has 10 heteroatoms. The number of hydrogen-bond donors (Lipinski definition) is 1.